The summed E-state index contributed by atoms with van der Waals surface area (Å²) in [5, 5.41) is 8.95. The molecule has 1 aromatic carbocycles. The molecule has 1 aromatic rings. The lowest BCUT2D eigenvalue weighted by molar-refractivity contribution is 0.0332. The van der Waals surface area contributed by atoms with Gasteiger partial charge in [0.15, 0.2) is 0 Å². The maximum Gasteiger partial charge on any atom is 0.0598 e. The molecule has 0 saturated heterocycles. The van der Waals surface area contributed by atoms with E-state index in [1.165, 1.54) is 5.56 Å². The van der Waals surface area contributed by atoms with Gasteiger partial charge in [-0.3, -0.25) is 0 Å². The fourth-order valence-electron chi connectivity index (χ4n) is 0.928. The lowest BCUT2D eigenvalue weighted by Crippen LogP contribution is -2.05. The summed E-state index contributed by atoms with van der Waals surface area (Å²) in [6.45, 7) is 2.61. The molecule has 1 N–H and O–H groups in total. The quantitative estimate of drug-likeness (QED) is 0.503. The molecule has 0 heterocycles. The van der Waals surface area contributed by atoms with Gasteiger partial charge in [0.05, 0.1) is 6.54 Å². The molecule has 0 saturated carbocycles. The Morgan fingerprint density at radius 2 is 2.09 bits per heavy atom. The number of benzene rings is 1. The zero-order chi connectivity index (χ0) is 8.27. The minimum absolute atomic E-state index is 0.577. The standard InChI is InChI=1S/C8H10INO/c1-7-4-2-3-5-8(7)6-10(9)11/h2-5,11H,6H2,1H3. The lowest BCUT2D eigenvalue weighted by atomic mass is 10.1. The monoisotopic (exact) mass is 263 g/mol. The summed E-state index contributed by atoms with van der Waals surface area (Å²) in [6, 6.07) is 8.02. The van der Waals surface area contributed by atoms with E-state index in [0.29, 0.717) is 6.54 Å². The molecule has 2 nitrogen and oxygen atoms in total. The van der Waals surface area contributed by atoms with Gasteiger partial charge in [0, 0.05) is 22.9 Å². The first-order valence-corrected chi connectivity index (χ1v) is 4.33. The van der Waals surface area contributed by atoms with Crippen LogP contribution >= 0.6 is 22.9 Å². The van der Waals surface area contributed by atoms with Crippen LogP contribution in [0.1, 0.15) is 11.1 Å². The molecule has 11 heavy (non-hydrogen) atoms. The van der Waals surface area contributed by atoms with Crippen LogP contribution in [0.5, 0.6) is 0 Å². The molecule has 0 fully saturated rings. The van der Waals surface area contributed by atoms with E-state index in [1.807, 2.05) is 54.1 Å². The van der Waals surface area contributed by atoms with Crippen LogP contribution in [-0.2, 0) is 6.54 Å². The molecule has 0 aromatic heterocycles. The number of hydrogen-bond donors (Lipinski definition) is 1. The van der Waals surface area contributed by atoms with E-state index in [0.717, 1.165) is 8.84 Å². The molecule has 0 amide bonds. The van der Waals surface area contributed by atoms with Crippen LogP contribution in [0.25, 0.3) is 0 Å². The van der Waals surface area contributed by atoms with Crippen molar-refractivity contribution in [2.45, 2.75) is 13.5 Å². The normalized spacial score (nSPS) is 10.5. The van der Waals surface area contributed by atoms with E-state index < -0.39 is 0 Å². The van der Waals surface area contributed by atoms with Gasteiger partial charge in [-0.25, -0.2) is 0 Å². The predicted octanol–water partition coefficient (Wildman–Crippen LogP) is 2.54. The van der Waals surface area contributed by atoms with Crippen LogP contribution in [0, 0.1) is 6.92 Å². The van der Waals surface area contributed by atoms with E-state index >= 15 is 0 Å². The van der Waals surface area contributed by atoms with Gasteiger partial charge in [0.1, 0.15) is 0 Å². The van der Waals surface area contributed by atoms with Crippen LogP contribution in [0.15, 0.2) is 24.3 Å². The number of hydroxylamine groups is 1. The van der Waals surface area contributed by atoms with Gasteiger partial charge in [-0.15, -0.1) is 3.28 Å². The molecule has 60 valence electrons. The predicted molar refractivity (Wildman–Crippen MR) is 52.5 cm³/mol. The summed E-state index contributed by atoms with van der Waals surface area (Å²) in [5.74, 6) is 0. The first-order valence-electron chi connectivity index (χ1n) is 3.37. The van der Waals surface area contributed by atoms with Gasteiger partial charge < -0.3 is 5.21 Å². The van der Waals surface area contributed by atoms with Crippen molar-refractivity contribution in [2.75, 3.05) is 0 Å². The van der Waals surface area contributed by atoms with Crippen molar-refractivity contribution in [1.82, 2.24) is 3.28 Å². The van der Waals surface area contributed by atoms with E-state index in [9.17, 15) is 0 Å². The van der Waals surface area contributed by atoms with Gasteiger partial charge in [-0.1, -0.05) is 24.3 Å². The summed E-state index contributed by atoms with van der Waals surface area (Å²) in [6.07, 6.45) is 0. The average Bonchev–Trinajstić information content (AvgIpc) is 1.93. The minimum Gasteiger partial charge on any atom is -0.304 e. The van der Waals surface area contributed by atoms with Gasteiger partial charge in [0.2, 0.25) is 0 Å². The van der Waals surface area contributed by atoms with E-state index in [2.05, 4.69) is 0 Å². The minimum atomic E-state index is 0.577. The van der Waals surface area contributed by atoms with Crippen molar-refractivity contribution in [3.05, 3.63) is 35.4 Å². The third kappa shape index (κ3) is 2.76. The van der Waals surface area contributed by atoms with Crippen molar-refractivity contribution in [3.63, 3.8) is 0 Å². The maximum absolute atomic E-state index is 8.95. The highest BCUT2D eigenvalue weighted by Crippen LogP contribution is 2.10. The first kappa shape index (κ1) is 8.96. The van der Waals surface area contributed by atoms with Gasteiger partial charge in [-0.2, -0.15) is 0 Å². The van der Waals surface area contributed by atoms with Crippen LogP contribution < -0.4 is 0 Å². The van der Waals surface area contributed by atoms with Crippen LogP contribution in [0.3, 0.4) is 0 Å². The highest BCUT2D eigenvalue weighted by atomic mass is 127. The first-order chi connectivity index (χ1) is 5.20. The summed E-state index contributed by atoms with van der Waals surface area (Å²) >= 11 is 1.85. The molecule has 0 aliphatic carbocycles. The number of hydrogen-bond acceptors (Lipinski definition) is 2. The Bertz CT molecular complexity index is 237. The number of halogens is 1. The maximum atomic E-state index is 8.95. The second-order valence-electron chi connectivity index (χ2n) is 2.42. The Labute approximate surface area is 80.3 Å². The molecule has 3 heteroatoms. The Hall–Kier alpha value is -0.130. The van der Waals surface area contributed by atoms with Gasteiger partial charge in [0.25, 0.3) is 0 Å². The highest BCUT2D eigenvalue weighted by molar-refractivity contribution is 14.1. The van der Waals surface area contributed by atoms with Crippen molar-refractivity contribution in [2.24, 2.45) is 0 Å². The molecular weight excluding hydrogens is 253 g/mol. The molecular formula is C8H10INO. The highest BCUT2D eigenvalue weighted by Gasteiger charge is 1.99. The average molecular weight is 263 g/mol. The fourth-order valence-corrected chi connectivity index (χ4v) is 1.30. The zero-order valence-corrected chi connectivity index (χ0v) is 8.45. The summed E-state index contributed by atoms with van der Waals surface area (Å²) in [5.41, 5.74) is 2.37. The fraction of sp³-hybridized carbons (Fsp3) is 0.250. The SMILES string of the molecule is Cc1ccccc1CN(O)I. The largest absolute Gasteiger partial charge is 0.304 e. The second-order valence-corrected chi connectivity index (χ2v) is 3.53. The van der Waals surface area contributed by atoms with Gasteiger partial charge in [-0.05, 0) is 18.1 Å². The third-order valence-corrected chi connectivity index (χ3v) is 1.90. The summed E-state index contributed by atoms with van der Waals surface area (Å²) < 4.78 is 1.15. The van der Waals surface area contributed by atoms with Crippen molar-refractivity contribution in [3.8, 4) is 0 Å². The van der Waals surface area contributed by atoms with Gasteiger partial charge >= 0.3 is 0 Å². The van der Waals surface area contributed by atoms with E-state index in [1.54, 1.807) is 0 Å². The van der Waals surface area contributed by atoms with Crippen LogP contribution in [-0.4, -0.2) is 8.48 Å². The Kier molecular flexibility index (Phi) is 3.29. The van der Waals surface area contributed by atoms with E-state index in [4.69, 9.17) is 5.21 Å². The topological polar surface area (TPSA) is 23.5 Å². The zero-order valence-electron chi connectivity index (χ0n) is 6.29. The Balaban J connectivity index is 2.78. The van der Waals surface area contributed by atoms with E-state index in [-0.39, 0.29) is 0 Å². The smallest absolute Gasteiger partial charge is 0.0598 e. The number of aryl methyl sites for hydroxylation is 1. The third-order valence-electron chi connectivity index (χ3n) is 1.56. The van der Waals surface area contributed by atoms with Crippen LogP contribution in [0.2, 0.25) is 0 Å². The molecule has 0 aliphatic heterocycles. The lowest BCUT2D eigenvalue weighted by Gasteiger charge is -2.07. The molecule has 0 atom stereocenters. The second kappa shape index (κ2) is 4.04. The molecule has 0 spiro atoms. The van der Waals surface area contributed by atoms with Crippen molar-refractivity contribution < 1.29 is 5.21 Å². The Morgan fingerprint density at radius 1 is 1.45 bits per heavy atom. The molecule has 0 bridgehead atoms. The molecule has 0 radical (unpaired) electrons. The number of rotatable bonds is 2. The van der Waals surface area contributed by atoms with Crippen molar-refractivity contribution >= 4 is 22.9 Å². The molecule has 0 aliphatic rings. The van der Waals surface area contributed by atoms with Crippen LogP contribution in [0.4, 0.5) is 0 Å². The Morgan fingerprint density at radius 3 is 2.64 bits per heavy atom. The number of nitrogens with zero attached hydrogens (tertiary/aromatic N) is 1. The molecule has 1 rings (SSSR count). The van der Waals surface area contributed by atoms with Crippen molar-refractivity contribution in [1.29, 1.82) is 0 Å². The summed E-state index contributed by atoms with van der Waals surface area (Å²) in [7, 11) is 0. The molecule has 0 unspecified atom stereocenters. The summed E-state index contributed by atoms with van der Waals surface area (Å²) in [4.78, 5) is 0.